The number of nitrogens with one attached hydrogen (secondary N) is 3. The van der Waals surface area contributed by atoms with E-state index < -0.39 is 6.04 Å². The maximum absolute atomic E-state index is 12.9. The van der Waals surface area contributed by atoms with Gasteiger partial charge < -0.3 is 20.9 Å². The van der Waals surface area contributed by atoms with Crippen LogP contribution in [-0.4, -0.2) is 59.2 Å². The molecule has 1 aliphatic heterocycles. The molecule has 3 rings (SSSR count). The zero-order chi connectivity index (χ0) is 25.4. The molecule has 0 saturated carbocycles. The molecule has 1 saturated heterocycles. The summed E-state index contributed by atoms with van der Waals surface area (Å²) in [6.07, 6.45) is 2.38. The molecule has 1 aromatic heterocycles. The lowest BCUT2D eigenvalue weighted by molar-refractivity contribution is -0.128. The fourth-order valence-electron chi connectivity index (χ4n) is 3.70. The molecule has 4 amide bonds. The number of thiazole rings is 1. The lowest BCUT2D eigenvalue weighted by atomic mass is 10.1. The number of hydrogen-bond donors (Lipinski definition) is 3. The number of amides is 4. The van der Waals surface area contributed by atoms with Gasteiger partial charge >= 0.3 is 0 Å². The fraction of sp³-hybridized carbons (Fsp3) is 0.458. The second kappa shape index (κ2) is 12.6. The van der Waals surface area contributed by atoms with Crippen LogP contribution in [0.2, 0.25) is 5.02 Å². The summed E-state index contributed by atoms with van der Waals surface area (Å²) in [5.74, 6) is -0.939. The molecular formula is C24H30ClN5O4S. The molecule has 0 bridgehead atoms. The second-order valence-electron chi connectivity index (χ2n) is 8.86. The van der Waals surface area contributed by atoms with E-state index in [1.54, 1.807) is 29.6 Å². The minimum atomic E-state index is -0.534. The van der Waals surface area contributed by atoms with Gasteiger partial charge in [-0.15, -0.1) is 11.3 Å². The van der Waals surface area contributed by atoms with E-state index in [-0.39, 0.29) is 42.5 Å². The number of rotatable bonds is 9. The van der Waals surface area contributed by atoms with Gasteiger partial charge in [-0.25, -0.2) is 4.98 Å². The maximum Gasteiger partial charge on any atom is 0.254 e. The Hall–Kier alpha value is -2.98. The first-order valence-corrected chi connectivity index (χ1v) is 12.8. The third kappa shape index (κ3) is 8.32. The smallest absolute Gasteiger partial charge is 0.254 e. The van der Waals surface area contributed by atoms with Crippen LogP contribution in [0.3, 0.4) is 0 Å². The minimum absolute atomic E-state index is 0.00464. The van der Waals surface area contributed by atoms with Gasteiger partial charge in [0.2, 0.25) is 17.7 Å². The molecule has 1 fully saturated rings. The van der Waals surface area contributed by atoms with Crippen molar-refractivity contribution >= 4 is 51.7 Å². The van der Waals surface area contributed by atoms with E-state index in [1.807, 2.05) is 13.8 Å². The highest BCUT2D eigenvalue weighted by Crippen LogP contribution is 2.17. The summed E-state index contributed by atoms with van der Waals surface area (Å²) in [7, 11) is 0. The number of anilines is 1. The van der Waals surface area contributed by atoms with Crippen LogP contribution in [0.25, 0.3) is 0 Å². The van der Waals surface area contributed by atoms with Gasteiger partial charge in [-0.05, 0) is 49.4 Å². The summed E-state index contributed by atoms with van der Waals surface area (Å²) in [4.78, 5) is 55.8. The van der Waals surface area contributed by atoms with Crippen LogP contribution < -0.4 is 16.0 Å². The molecule has 9 nitrogen and oxygen atoms in total. The summed E-state index contributed by atoms with van der Waals surface area (Å²) < 4.78 is 0. The van der Waals surface area contributed by atoms with Gasteiger partial charge in [0.15, 0.2) is 5.13 Å². The van der Waals surface area contributed by atoms with Gasteiger partial charge in [0.25, 0.3) is 5.91 Å². The average Bonchev–Trinajstić information content (AvgIpc) is 3.13. The van der Waals surface area contributed by atoms with E-state index in [1.165, 1.54) is 16.2 Å². The number of benzene rings is 1. The van der Waals surface area contributed by atoms with Gasteiger partial charge in [0.05, 0.1) is 12.1 Å². The van der Waals surface area contributed by atoms with Gasteiger partial charge in [-0.1, -0.05) is 25.4 Å². The number of aromatic nitrogens is 1. The molecule has 1 atom stereocenters. The highest BCUT2D eigenvalue weighted by Gasteiger charge is 2.23. The van der Waals surface area contributed by atoms with Crippen LogP contribution in [0.15, 0.2) is 29.6 Å². The van der Waals surface area contributed by atoms with Crippen molar-refractivity contribution in [2.24, 2.45) is 5.92 Å². The monoisotopic (exact) mass is 519 g/mol. The van der Waals surface area contributed by atoms with Crippen molar-refractivity contribution in [3.05, 3.63) is 45.9 Å². The normalized spacial score (nSPS) is 15.8. The van der Waals surface area contributed by atoms with Gasteiger partial charge in [-0.3, -0.25) is 19.2 Å². The van der Waals surface area contributed by atoms with Crippen molar-refractivity contribution in [1.29, 1.82) is 0 Å². The van der Waals surface area contributed by atoms with Crippen LogP contribution in [0, 0.1) is 5.92 Å². The molecular weight excluding hydrogens is 490 g/mol. The van der Waals surface area contributed by atoms with E-state index >= 15 is 0 Å². The molecule has 0 aliphatic carbocycles. The Morgan fingerprint density at radius 1 is 1.20 bits per heavy atom. The Balaban J connectivity index is 1.55. The van der Waals surface area contributed by atoms with E-state index in [9.17, 15) is 19.2 Å². The summed E-state index contributed by atoms with van der Waals surface area (Å²) in [6, 6.07) is 6.00. The zero-order valence-corrected chi connectivity index (χ0v) is 21.4. The number of hydrogen-bond acceptors (Lipinski definition) is 6. The van der Waals surface area contributed by atoms with Crippen molar-refractivity contribution in [1.82, 2.24) is 20.5 Å². The summed E-state index contributed by atoms with van der Waals surface area (Å²) >= 11 is 7.11. The first-order chi connectivity index (χ1) is 16.7. The molecule has 35 heavy (non-hydrogen) atoms. The van der Waals surface area contributed by atoms with Crippen LogP contribution in [0.4, 0.5) is 5.13 Å². The first-order valence-electron chi connectivity index (χ1n) is 11.6. The average molecular weight is 520 g/mol. The summed E-state index contributed by atoms with van der Waals surface area (Å²) in [5, 5.41) is 10.8. The van der Waals surface area contributed by atoms with Crippen molar-refractivity contribution in [2.45, 2.75) is 45.6 Å². The molecule has 11 heteroatoms. The standard InChI is InChI=1S/C24H30ClN5O4S/c1-15(2)12-30(23(34)16-6-8-17(25)9-7-16)13-21(32)29-24-27-18(14-35-24)11-20(31)28-19-5-3-4-10-26-22(19)33/h6-9,14-15,19H,3-5,10-13H2,1-2H3,(H,26,33)(H,28,31)(H,27,29,32). The quantitative estimate of drug-likeness (QED) is 0.470. The van der Waals surface area contributed by atoms with Crippen LogP contribution in [0.5, 0.6) is 0 Å². The molecule has 1 aliphatic rings. The van der Waals surface area contributed by atoms with Crippen molar-refractivity contribution < 1.29 is 19.2 Å². The highest BCUT2D eigenvalue weighted by atomic mass is 35.5. The Bertz CT molecular complexity index is 1060. The Labute approximate surface area is 213 Å². The molecule has 1 unspecified atom stereocenters. The highest BCUT2D eigenvalue weighted by molar-refractivity contribution is 7.13. The SMILES string of the molecule is CC(C)CN(CC(=O)Nc1nc(CC(=O)NC2CCCCNC2=O)cs1)C(=O)c1ccc(Cl)cc1. The van der Waals surface area contributed by atoms with Crippen LogP contribution >= 0.6 is 22.9 Å². The second-order valence-corrected chi connectivity index (χ2v) is 10.2. The predicted octanol–water partition coefficient (Wildman–Crippen LogP) is 2.86. The molecule has 188 valence electrons. The Morgan fingerprint density at radius 3 is 2.66 bits per heavy atom. The third-order valence-electron chi connectivity index (χ3n) is 5.31. The molecule has 0 spiro atoms. The molecule has 2 heterocycles. The maximum atomic E-state index is 12.9. The van der Waals surface area contributed by atoms with Crippen molar-refractivity contribution in [3.8, 4) is 0 Å². The van der Waals surface area contributed by atoms with Crippen LogP contribution in [-0.2, 0) is 20.8 Å². The molecule has 3 N–H and O–H groups in total. The lowest BCUT2D eigenvalue weighted by Crippen LogP contribution is -2.46. The molecule has 2 aromatic rings. The largest absolute Gasteiger partial charge is 0.354 e. The summed E-state index contributed by atoms with van der Waals surface area (Å²) in [5.41, 5.74) is 0.945. The van der Waals surface area contributed by atoms with Gasteiger partial charge in [-0.2, -0.15) is 0 Å². The Kier molecular flexibility index (Phi) is 9.62. The van der Waals surface area contributed by atoms with Gasteiger partial charge in [0.1, 0.15) is 12.6 Å². The number of carbonyl (C=O) groups excluding carboxylic acids is 4. The van der Waals surface area contributed by atoms with E-state index in [4.69, 9.17) is 11.6 Å². The van der Waals surface area contributed by atoms with E-state index in [0.717, 1.165) is 12.8 Å². The van der Waals surface area contributed by atoms with Crippen LogP contribution in [0.1, 0.15) is 49.2 Å². The van der Waals surface area contributed by atoms with E-state index in [2.05, 4.69) is 20.9 Å². The van der Waals surface area contributed by atoms with Crippen molar-refractivity contribution in [2.75, 3.05) is 25.0 Å². The minimum Gasteiger partial charge on any atom is -0.354 e. The van der Waals surface area contributed by atoms with Crippen molar-refractivity contribution in [3.63, 3.8) is 0 Å². The molecule has 1 aromatic carbocycles. The topological polar surface area (TPSA) is 120 Å². The fourth-order valence-corrected chi connectivity index (χ4v) is 4.55. The zero-order valence-electron chi connectivity index (χ0n) is 19.8. The predicted molar refractivity (Wildman–Crippen MR) is 135 cm³/mol. The molecule has 0 radical (unpaired) electrons. The van der Waals surface area contributed by atoms with E-state index in [0.29, 0.717) is 40.9 Å². The number of halogens is 1. The first kappa shape index (κ1) is 26.6. The number of nitrogens with zero attached hydrogens (tertiary/aromatic N) is 2. The summed E-state index contributed by atoms with van der Waals surface area (Å²) in [6.45, 7) is 4.84. The third-order valence-corrected chi connectivity index (χ3v) is 6.37. The lowest BCUT2D eigenvalue weighted by Gasteiger charge is -2.24. The number of carbonyl (C=O) groups is 4. The Morgan fingerprint density at radius 2 is 1.94 bits per heavy atom. The van der Waals surface area contributed by atoms with Gasteiger partial charge in [0, 0.05) is 29.1 Å².